The van der Waals surface area contributed by atoms with Crippen molar-refractivity contribution in [3.8, 4) is 0 Å². The summed E-state index contributed by atoms with van der Waals surface area (Å²) in [5.74, 6) is -0.872. The Hall–Kier alpha value is -3.33. The van der Waals surface area contributed by atoms with Crippen LogP contribution in [0.1, 0.15) is 232 Å². The van der Waals surface area contributed by atoms with Gasteiger partial charge in [-0.3, -0.25) is 14.2 Å². The molecule has 74 heavy (non-hydrogen) atoms. The summed E-state index contributed by atoms with van der Waals surface area (Å²) < 4.78 is 34.1. The van der Waals surface area contributed by atoms with E-state index in [1.54, 1.807) is 0 Å². The van der Waals surface area contributed by atoms with Crippen LogP contribution in [0.2, 0.25) is 0 Å². The Kier molecular flexibility index (Phi) is 52.0. The van der Waals surface area contributed by atoms with Crippen molar-refractivity contribution in [2.75, 3.05) is 47.5 Å². The second-order valence-electron chi connectivity index (χ2n) is 20.6. The topological polar surface area (TPSA) is 111 Å². The molecule has 0 spiro atoms. The number of carbonyl (C=O) groups excluding carboxylic acids is 2. The molecule has 0 radical (unpaired) electrons. The molecule has 0 aromatic rings. The van der Waals surface area contributed by atoms with Crippen LogP contribution in [0, 0.1) is 0 Å². The molecule has 10 heteroatoms. The van der Waals surface area contributed by atoms with E-state index in [1.807, 2.05) is 21.1 Å². The van der Waals surface area contributed by atoms with Gasteiger partial charge in [-0.05, 0) is 96.3 Å². The molecule has 0 fully saturated rings. The molecule has 0 heterocycles. The van der Waals surface area contributed by atoms with Crippen molar-refractivity contribution in [1.29, 1.82) is 0 Å². The van der Waals surface area contributed by atoms with Gasteiger partial charge >= 0.3 is 11.9 Å². The highest BCUT2D eigenvalue weighted by atomic mass is 31.2. The molecule has 0 amide bonds. The number of ether oxygens (including phenoxy) is 2. The number of hydrogen-bond acceptors (Lipinski definition) is 8. The average molecular weight is 1050 g/mol. The van der Waals surface area contributed by atoms with Gasteiger partial charge in [0.2, 0.25) is 0 Å². The standard InChI is InChI=1S/C64H110NO8P/c1-6-8-10-12-14-16-18-20-22-24-26-27-28-29-30-31-32-33-34-35-36-37-39-40-42-44-46-48-50-52-54-56-63(66)70-60-62(61-72-74(68,69)71-59-58-65(3,4)5)73-64(67)57-55-53-51-49-47-45-43-41-38-25-23-21-19-17-15-13-11-9-7-2/h8-11,14-17,20-23,26-27,38,41,45,47,62H,6-7,12-13,18-19,24-25,28-37,39-40,42-44,46,48-61H2,1-5H3/b10-8-,11-9-,16-14-,17-15-,22-20-,23-21-,27-26-,41-38-,47-45-. The van der Waals surface area contributed by atoms with Crippen molar-refractivity contribution in [3.63, 3.8) is 0 Å². The molecule has 0 aliphatic carbocycles. The number of phosphoric ester groups is 1. The maximum absolute atomic E-state index is 12.8. The second kappa shape index (κ2) is 54.5. The molecule has 0 saturated heterocycles. The van der Waals surface area contributed by atoms with E-state index in [4.69, 9.17) is 18.5 Å². The van der Waals surface area contributed by atoms with E-state index in [2.05, 4.69) is 123 Å². The lowest BCUT2D eigenvalue weighted by molar-refractivity contribution is -0.870. The molecule has 0 aliphatic rings. The van der Waals surface area contributed by atoms with E-state index in [-0.39, 0.29) is 26.1 Å². The maximum atomic E-state index is 12.8. The summed E-state index contributed by atoms with van der Waals surface area (Å²) >= 11 is 0. The van der Waals surface area contributed by atoms with Crippen molar-refractivity contribution in [2.24, 2.45) is 0 Å². The van der Waals surface area contributed by atoms with Crippen LogP contribution in [-0.2, 0) is 32.7 Å². The molecule has 0 saturated carbocycles. The molecule has 0 rings (SSSR count). The zero-order chi connectivity index (χ0) is 54.2. The molecular formula is C64H110NO8P. The zero-order valence-electron chi connectivity index (χ0n) is 48.0. The Labute approximate surface area is 455 Å². The number of likely N-dealkylation sites (N-methyl/N-ethyl adjacent to an activating group) is 1. The molecule has 424 valence electrons. The minimum atomic E-state index is -4.65. The third-order valence-electron chi connectivity index (χ3n) is 12.3. The SMILES string of the molecule is CC/C=C\C/C=C\C/C=C\C/C=C\C/C=C\CCCCCC(=O)OC(COC(=O)CCCCCCCCCCCCCCCCCCCC/C=C\C/C=C\C/C=C\C/C=C\CC)COP(=O)([O-])OCC[N+](C)(C)C. The van der Waals surface area contributed by atoms with Crippen LogP contribution in [0.15, 0.2) is 109 Å². The Morgan fingerprint density at radius 1 is 0.419 bits per heavy atom. The summed E-state index contributed by atoms with van der Waals surface area (Å²) in [6, 6.07) is 0. The van der Waals surface area contributed by atoms with Crippen LogP contribution in [0.3, 0.4) is 0 Å². The van der Waals surface area contributed by atoms with Gasteiger partial charge in [0.25, 0.3) is 7.82 Å². The Bertz CT molecular complexity index is 1620. The number of quaternary nitrogens is 1. The Morgan fingerprint density at radius 2 is 0.730 bits per heavy atom. The van der Waals surface area contributed by atoms with Gasteiger partial charge in [0.05, 0.1) is 27.7 Å². The number of nitrogens with zero attached hydrogens (tertiary/aromatic N) is 1. The lowest BCUT2D eigenvalue weighted by atomic mass is 10.0. The average Bonchev–Trinajstić information content (AvgIpc) is 3.36. The number of unbranched alkanes of at least 4 members (excludes halogenated alkanes) is 21. The monoisotopic (exact) mass is 1050 g/mol. The van der Waals surface area contributed by atoms with Crippen molar-refractivity contribution in [2.45, 2.75) is 238 Å². The molecule has 2 unspecified atom stereocenters. The summed E-state index contributed by atoms with van der Waals surface area (Å²) in [7, 11) is 1.13. The van der Waals surface area contributed by atoms with Crippen LogP contribution in [-0.4, -0.2) is 70.0 Å². The van der Waals surface area contributed by atoms with Crippen LogP contribution in [0.4, 0.5) is 0 Å². The number of carbonyl (C=O) groups is 2. The van der Waals surface area contributed by atoms with Crippen molar-refractivity contribution >= 4 is 19.8 Å². The van der Waals surface area contributed by atoms with Crippen molar-refractivity contribution < 1.29 is 42.1 Å². The first kappa shape index (κ1) is 70.7. The minimum Gasteiger partial charge on any atom is -0.756 e. The fourth-order valence-electron chi connectivity index (χ4n) is 7.79. The van der Waals surface area contributed by atoms with Gasteiger partial charge in [-0.15, -0.1) is 0 Å². The van der Waals surface area contributed by atoms with Crippen LogP contribution < -0.4 is 4.89 Å². The van der Waals surface area contributed by atoms with E-state index in [1.165, 1.54) is 103 Å². The molecular weight excluding hydrogens is 942 g/mol. The first-order valence-electron chi connectivity index (χ1n) is 29.6. The maximum Gasteiger partial charge on any atom is 0.306 e. The first-order valence-corrected chi connectivity index (χ1v) is 31.1. The summed E-state index contributed by atoms with van der Waals surface area (Å²) in [5.41, 5.74) is 0. The summed E-state index contributed by atoms with van der Waals surface area (Å²) in [6.45, 7) is 3.97. The molecule has 0 aliphatic heterocycles. The number of hydrogen-bond donors (Lipinski definition) is 0. The number of esters is 2. The lowest BCUT2D eigenvalue weighted by Crippen LogP contribution is -2.37. The lowest BCUT2D eigenvalue weighted by Gasteiger charge is -2.28. The normalized spacial score (nSPS) is 14.1. The smallest absolute Gasteiger partial charge is 0.306 e. The predicted molar refractivity (Wildman–Crippen MR) is 314 cm³/mol. The molecule has 0 aromatic carbocycles. The minimum absolute atomic E-state index is 0.0420. The molecule has 2 atom stereocenters. The second-order valence-corrected chi connectivity index (χ2v) is 22.0. The van der Waals surface area contributed by atoms with Gasteiger partial charge in [0.1, 0.15) is 19.8 Å². The highest BCUT2D eigenvalue weighted by Crippen LogP contribution is 2.38. The van der Waals surface area contributed by atoms with Crippen LogP contribution in [0.25, 0.3) is 0 Å². The third kappa shape index (κ3) is 57.9. The van der Waals surface area contributed by atoms with E-state index in [0.717, 1.165) is 96.3 Å². The molecule has 0 aromatic heterocycles. The molecule has 0 bridgehead atoms. The molecule has 9 nitrogen and oxygen atoms in total. The van der Waals surface area contributed by atoms with Crippen molar-refractivity contribution in [3.05, 3.63) is 109 Å². The quantitative estimate of drug-likeness (QED) is 0.0195. The summed E-state index contributed by atoms with van der Waals surface area (Å²) in [4.78, 5) is 37.9. The third-order valence-corrected chi connectivity index (χ3v) is 13.3. The van der Waals surface area contributed by atoms with Gasteiger partial charge in [-0.25, -0.2) is 0 Å². The van der Waals surface area contributed by atoms with Gasteiger partial charge in [0, 0.05) is 12.8 Å². The Balaban J connectivity index is 4.13. The van der Waals surface area contributed by atoms with Crippen LogP contribution in [0.5, 0.6) is 0 Å². The summed E-state index contributed by atoms with van der Waals surface area (Å²) in [6.07, 6.45) is 75.8. The highest BCUT2D eigenvalue weighted by Gasteiger charge is 2.21. The van der Waals surface area contributed by atoms with E-state index < -0.39 is 32.5 Å². The Morgan fingerprint density at radius 3 is 1.09 bits per heavy atom. The van der Waals surface area contributed by atoms with Gasteiger partial charge in [-0.2, -0.15) is 0 Å². The number of phosphoric acid groups is 1. The fraction of sp³-hybridized carbons (Fsp3) is 0.688. The van der Waals surface area contributed by atoms with Gasteiger partial charge in [0.15, 0.2) is 6.10 Å². The molecule has 0 N–H and O–H groups in total. The van der Waals surface area contributed by atoms with E-state index >= 15 is 0 Å². The van der Waals surface area contributed by atoms with E-state index in [0.29, 0.717) is 17.4 Å². The van der Waals surface area contributed by atoms with Gasteiger partial charge < -0.3 is 27.9 Å². The van der Waals surface area contributed by atoms with Crippen LogP contribution >= 0.6 is 7.82 Å². The predicted octanol–water partition coefficient (Wildman–Crippen LogP) is 18.0. The summed E-state index contributed by atoms with van der Waals surface area (Å²) in [5, 5.41) is 0. The fourth-order valence-corrected chi connectivity index (χ4v) is 8.52. The largest absolute Gasteiger partial charge is 0.756 e. The highest BCUT2D eigenvalue weighted by molar-refractivity contribution is 7.45. The van der Waals surface area contributed by atoms with Gasteiger partial charge in [-0.1, -0.05) is 232 Å². The van der Waals surface area contributed by atoms with E-state index in [9.17, 15) is 19.0 Å². The number of rotatable bonds is 53. The number of allylic oxidation sites excluding steroid dienone is 18. The first-order chi connectivity index (χ1) is 36.0. The van der Waals surface area contributed by atoms with Crippen molar-refractivity contribution in [1.82, 2.24) is 0 Å². The zero-order valence-corrected chi connectivity index (χ0v) is 48.9.